The highest BCUT2D eigenvalue weighted by Crippen LogP contribution is 2.25. The molecule has 0 aromatic carbocycles. The van der Waals surface area contributed by atoms with Crippen LogP contribution in [0.5, 0.6) is 0 Å². The van der Waals surface area contributed by atoms with Gasteiger partial charge in [0.05, 0.1) is 5.75 Å². The van der Waals surface area contributed by atoms with Crippen molar-refractivity contribution >= 4 is 33.6 Å². The number of carbonyl (C=O) groups excluding carboxylic acids is 1. The molecule has 0 aromatic rings. The number of hydrogen-bond donors (Lipinski definition) is 0. The maximum atomic E-state index is 11.6. The molecule has 1 aliphatic rings. The summed E-state index contributed by atoms with van der Waals surface area (Å²) in [4.78, 5) is 14.2. The first kappa shape index (κ1) is 12.4. The van der Waals surface area contributed by atoms with E-state index < -0.39 is 0 Å². The van der Waals surface area contributed by atoms with E-state index in [2.05, 4.69) is 22.9 Å². The lowest BCUT2D eigenvalue weighted by Crippen LogP contribution is -2.40. The molecule has 14 heavy (non-hydrogen) atoms. The van der Waals surface area contributed by atoms with Crippen LogP contribution in [-0.4, -0.2) is 40.7 Å². The lowest BCUT2D eigenvalue weighted by Gasteiger charge is -2.33. The molecule has 1 amide bonds. The van der Waals surface area contributed by atoms with Crippen molar-refractivity contribution in [3.63, 3.8) is 0 Å². The number of rotatable bonds is 3. The van der Waals surface area contributed by atoms with Crippen molar-refractivity contribution in [1.29, 1.82) is 0 Å². The van der Waals surface area contributed by atoms with Crippen molar-refractivity contribution in [3.05, 3.63) is 0 Å². The van der Waals surface area contributed by atoms with Gasteiger partial charge in [0, 0.05) is 17.9 Å². The zero-order valence-corrected chi connectivity index (χ0v) is 11.2. The average molecular weight is 280 g/mol. The molecule has 1 atom stereocenters. The SMILES string of the molecule is CSCC(=O)N1CCC(C(C)Br)CC1. The maximum Gasteiger partial charge on any atom is 0.232 e. The Kier molecular flexibility index (Phi) is 5.31. The fraction of sp³-hybridized carbons (Fsp3) is 0.900. The minimum Gasteiger partial charge on any atom is -0.342 e. The van der Waals surface area contributed by atoms with Gasteiger partial charge in [-0.1, -0.05) is 22.9 Å². The van der Waals surface area contributed by atoms with Gasteiger partial charge in [0.15, 0.2) is 0 Å². The smallest absolute Gasteiger partial charge is 0.232 e. The van der Waals surface area contributed by atoms with Gasteiger partial charge in [0.2, 0.25) is 5.91 Å². The highest BCUT2D eigenvalue weighted by atomic mass is 79.9. The Bertz CT molecular complexity index is 191. The van der Waals surface area contributed by atoms with Crippen molar-refractivity contribution in [3.8, 4) is 0 Å². The fourth-order valence-corrected chi connectivity index (χ4v) is 2.78. The maximum absolute atomic E-state index is 11.6. The first-order valence-corrected chi connectivity index (χ1v) is 7.37. The summed E-state index contributed by atoms with van der Waals surface area (Å²) in [6, 6.07) is 0. The molecule has 0 spiro atoms. The number of halogens is 1. The molecule has 0 bridgehead atoms. The normalized spacial score (nSPS) is 20.9. The molecular formula is C10H18BrNOS. The predicted octanol–water partition coefficient (Wildman–Crippen LogP) is 2.37. The van der Waals surface area contributed by atoms with E-state index in [0.29, 0.717) is 16.5 Å². The average Bonchev–Trinajstić information content (AvgIpc) is 2.18. The lowest BCUT2D eigenvalue weighted by atomic mass is 9.94. The van der Waals surface area contributed by atoms with Crippen molar-refractivity contribution in [2.24, 2.45) is 5.92 Å². The van der Waals surface area contributed by atoms with Gasteiger partial charge in [-0.2, -0.15) is 11.8 Å². The third kappa shape index (κ3) is 3.46. The zero-order valence-electron chi connectivity index (χ0n) is 8.83. The molecule has 82 valence electrons. The molecule has 0 radical (unpaired) electrons. The van der Waals surface area contributed by atoms with Crippen LogP contribution in [-0.2, 0) is 4.79 Å². The Morgan fingerprint density at radius 2 is 2.14 bits per heavy atom. The van der Waals surface area contributed by atoms with Crippen LogP contribution >= 0.6 is 27.7 Å². The molecule has 0 aromatic heterocycles. The monoisotopic (exact) mass is 279 g/mol. The van der Waals surface area contributed by atoms with Crippen LogP contribution in [0.4, 0.5) is 0 Å². The Morgan fingerprint density at radius 3 is 2.57 bits per heavy atom. The van der Waals surface area contributed by atoms with Crippen molar-refractivity contribution < 1.29 is 4.79 Å². The largest absolute Gasteiger partial charge is 0.342 e. The van der Waals surface area contributed by atoms with Gasteiger partial charge >= 0.3 is 0 Å². The van der Waals surface area contributed by atoms with Crippen LogP contribution in [0.15, 0.2) is 0 Å². The second-order valence-electron chi connectivity index (χ2n) is 3.83. The van der Waals surface area contributed by atoms with Gasteiger partial charge in [0.1, 0.15) is 0 Å². The number of hydrogen-bond acceptors (Lipinski definition) is 2. The summed E-state index contributed by atoms with van der Waals surface area (Å²) >= 11 is 5.23. The summed E-state index contributed by atoms with van der Waals surface area (Å²) in [5.74, 6) is 1.68. The van der Waals surface area contributed by atoms with Gasteiger partial charge < -0.3 is 4.90 Å². The van der Waals surface area contributed by atoms with Crippen molar-refractivity contribution in [2.45, 2.75) is 24.6 Å². The Balaban J connectivity index is 2.31. The quantitative estimate of drug-likeness (QED) is 0.740. The van der Waals surface area contributed by atoms with Crippen molar-refractivity contribution in [1.82, 2.24) is 4.90 Å². The number of piperidine rings is 1. The molecule has 1 rings (SSSR count). The molecule has 1 fully saturated rings. The summed E-state index contributed by atoms with van der Waals surface area (Å²) in [5.41, 5.74) is 0. The molecular weight excluding hydrogens is 262 g/mol. The fourth-order valence-electron chi connectivity index (χ4n) is 1.82. The standard InChI is InChI=1S/C10H18BrNOS/c1-8(11)9-3-5-12(6-4-9)10(13)7-14-2/h8-9H,3-7H2,1-2H3. The van der Waals surface area contributed by atoms with Gasteiger partial charge in [-0.25, -0.2) is 0 Å². The van der Waals surface area contributed by atoms with E-state index in [-0.39, 0.29) is 0 Å². The van der Waals surface area contributed by atoms with E-state index in [4.69, 9.17) is 0 Å². The van der Waals surface area contributed by atoms with Crippen LogP contribution in [0.3, 0.4) is 0 Å². The van der Waals surface area contributed by atoms with Gasteiger partial charge in [-0.3, -0.25) is 4.79 Å². The van der Waals surface area contributed by atoms with Gasteiger partial charge in [0.25, 0.3) is 0 Å². The van der Waals surface area contributed by atoms with Gasteiger partial charge in [-0.15, -0.1) is 0 Å². The van der Waals surface area contributed by atoms with E-state index in [9.17, 15) is 4.79 Å². The summed E-state index contributed by atoms with van der Waals surface area (Å²) in [5, 5.41) is 0. The molecule has 1 unspecified atom stereocenters. The number of amides is 1. The van der Waals surface area contributed by atoms with Gasteiger partial charge in [-0.05, 0) is 25.0 Å². The molecule has 1 heterocycles. The summed E-state index contributed by atoms with van der Waals surface area (Å²) in [6.07, 6.45) is 4.27. The third-order valence-corrected chi connectivity index (χ3v) is 4.09. The zero-order chi connectivity index (χ0) is 10.6. The molecule has 1 saturated heterocycles. The predicted molar refractivity (Wildman–Crippen MR) is 66.1 cm³/mol. The number of nitrogens with zero attached hydrogens (tertiary/aromatic N) is 1. The van der Waals surface area contributed by atoms with Crippen LogP contribution in [0.1, 0.15) is 19.8 Å². The van der Waals surface area contributed by atoms with E-state index in [1.54, 1.807) is 11.8 Å². The summed E-state index contributed by atoms with van der Waals surface area (Å²) in [6.45, 7) is 4.09. The Hall–Kier alpha value is 0.300. The topological polar surface area (TPSA) is 20.3 Å². The number of thioether (sulfide) groups is 1. The third-order valence-electron chi connectivity index (χ3n) is 2.81. The minimum absolute atomic E-state index is 0.304. The Morgan fingerprint density at radius 1 is 1.57 bits per heavy atom. The van der Waals surface area contributed by atoms with Crippen LogP contribution in [0, 0.1) is 5.92 Å². The van der Waals surface area contributed by atoms with E-state index in [1.807, 2.05) is 11.2 Å². The molecule has 0 saturated carbocycles. The minimum atomic E-state index is 0.304. The highest BCUT2D eigenvalue weighted by molar-refractivity contribution is 9.09. The van der Waals surface area contributed by atoms with Crippen molar-refractivity contribution in [2.75, 3.05) is 25.1 Å². The summed E-state index contributed by atoms with van der Waals surface area (Å²) < 4.78 is 0. The summed E-state index contributed by atoms with van der Waals surface area (Å²) in [7, 11) is 0. The number of likely N-dealkylation sites (tertiary alicyclic amines) is 1. The molecule has 1 aliphatic heterocycles. The lowest BCUT2D eigenvalue weighted by molar-refractivity contribution is -0.129. The van der Waals surface area contributed by atoms with Crippen LogP contribution in [0.25, 0.3) is 0 Å². The second kappa shape index (κ2) is 6.01. The van der Waals surface area contributed by atoms with E-state index in [0.717, 1.165) is 31.8 Å². The first-order chi connectivity index (χ1) is 6.65. The van der Waals surface area contributed by atoms with Crippen LogP contribution in [0.2, 0.25) is 0 Å². The highest BCUT2D eigenvalue weighted by Gasteiger charge is 2.24. The molecule has 4 heteroatoms. The second-order valence-corrected chi connectivity index (χ2v) is 6.14. The van der Waals surface area contributed by atoms with E-state index in [1.165, 1.54) is 0 Å². The number of carbonyl (C=O) groups is 1. The van der Waals surface area contributed by atoms with Crippen LogP contribution < -0.4 is 0 Å². The first-order valence-electron chi connectivity index (χ1n) is 5.06. The molecule has 0 N–H and O–H groups in total. The van der Waals surface area contributed by atoms with E-state index >= 15 is 0 Å². The molecule has 2 nitrogen and oxygen atoms in total. The number of alkyl halides is 1. The Labute approximate surface area is 98.9 Å². The molecule has 0 aliphatic carbocycles.